The molecular weight excluding hydrogens is 1090 g/mol. The van der Waals surface area contributed by atoms with Crippen LogP contribution in [0.2, 0.25) is 0 Å². The molecule has 7 aliphatic heterocycles. The molecule has 6 atom stereocenters. The number of nitrogens with one attached hydrogen (secondary N) is 4. The number of carbonyl (C=O) groups is 4. The third-order valence-corrected chi connectivity index (χ3v) is 18.5. The number of rotatable bonds is 14. The van der Waals surface area contributed by atoms with Crippen LogP contribution >= 0.6 is 0 Å². The monoisotopic (exact) mass is 1170 g/mol. The number of benzene rings is 2. The lowest BCUT2D eigenvalue weighted by Crippen LogP contribution is -2.62. The minimum Gasteiger partial charge on any atom is -0.366 e. The van der Waals surface area contributed by atoms with Crippen LogP contribution in [0.4, 0.5) is 20.2 Å². The van der Waals surface area contributed by atoms with Crippen LogP contribution in [-0.2, 0) is 52.3 Å². The fourth-order valence-corrected chi connectivity index (χ4v) is 13.8. The zero-order chi connectivity index (χ0) is 59.9. The van der Waals surface area contributed by atoms with Crippen molar-refractivity contribution in [3.63, 3.8) is 0 Å². The summed E-state index contributed by atoms with van der Waals surface area (Å²) in [5.74, 6) is -0.989. The first-order chi connectivity index (χ1) is 40.6. The van der Waals surface area contributed by atoms with Gasteiger partial charge in [-0.15, -0.1) is 0 Å². The second-order valence-corrected chi connectivity index (χ2v) is 26.1. The number of nitrogens with zero attached hydrogens (tertiary/aromatic N) is 8. The standard InChI is InChI=1S/C63H84F2N12O8/c1-40-30-74(36-54(78)76-38-62(3,4)56-50(76)26-44(58(80)68-56)24-42-8-12-46(64)13-9-42)48(28-66-40)32-70-20-22-84-52(34-70)60(82)72-16-7-17-73(19-18-72)61(83)53-35-71(21-23-85-53)33-49-29-67-41(2)31-75(49)37-55(79)77-39-63(5,6)57-51(77)27-45(59(81)69-57)25-43-10-14-47(65)15-11-43/h8-15,26-27,40-41,48-49,52-53,66-67H,7,16-25,28-39H2,1-6H3,(H,68,80)(H,69,81)/t40-,41-,48-,49-,52+,53+/m1/s1. The molecule has 2 aromatic heterocycles. The van der Waals surface area contributed by atoms with Crippen molar-refractivity contribution in [2.45, 2.75) is 108 Å². The first-order valence-electron chi connectivity index (χ1n) is 30.5. The molecule has 20 nitrogen and oxygen atoms in total. The van der Waals surface area contributed by atoms with Gasteiger partial charge in [-0.25, -0.2) is 8.78 Å². The molecule has 7 aliphatic rings. The van der Waals surface area contributed by atoms with E-state index in [1.54, 1.807) is 34.1 Å². The largest absolute Gasteiger partial charge is 0.366 e. The summed E-state index contributed by atoms with van der Waals surface area (Å²) >= 11 is 0. The Hall–Kier alpha value is -6.24. The lowest BCUT2D eigenvalue weighted by Gasteiger charge is -2.43. The van der Waals surface area contributed by atoms with Crippen molar-refractivity contribution in [1.29, 1.82) is 0 Å². The molecule has 0 radical (unpaired) electrons. The maximum Gasteiger partial charge on any atom is 0.253 e. The molecule has 85 heavy (non-hydrogen) atoms. The summed E-state index contributed by atoms with van der Waals surface area (Å²) in [6, 6.07) is 16.1. The average molecular weight is 1180 g/mol. The van der Waals surface area contributed by atoms with E-state index in [9.17, 15) is 37.5 Å². The third kappa shape index (κ3) is 13.7. The minimum absolute atomic E-state index is 0.0200. The number of halogens is 2. The van der Waals surface area contributed by atoms with Crippen molar-refractivity contribution in [3.05, 3.63) is 127 Å². The van der Waals surface area contributed by atoms with Crippen molar-refractivity contribution in [2.24, 2.45) is 0 Å². The molecule has 4 N–H and O–H groups in total. The number of hydrogen-bond acceptors (Lipinski definition) is 14. The summed E-state index contributed by atoms with van der Waals surface area (Å²) in [6.07, 6.45) is -0.121. The molecular formula is C63H84F2N12O8. The molecule has 2 aromatic carbocycles. The van der Waals surface area contributed by atoms with Crippen molar-refractivity contribution in [1.82, 2.24) is 50.0 Å². The number of carbonyl (C=O) groups excluding carboxylic acids is 4. The van der Waals surface area contributed by atoms with Crippen molar-refractivity contribution in [2.75, 3.05) is 141 Å². The Bertz CT molecular complexity index is 3020. The lowest BCUT2D eigenvalue weighted by molar-refractivity contribution is -0.152. The highest BCUT2D eigenvalue weighted by Gasteiger charge is 2.44. The molecule has 0 aliphatic carbocycles. The average Bonchev–Trinajstić information content (AvgIpc) is 1.82. The van der Waals surface area contributed by atoms with Gasteiger partial charge in [0.2, 0.25) is 11.8 Å². The summed E-state index contributed by atoms with van der Waals surface area (Å²) < 4.78 is 39.7. The molecule has 4 amide bonds. The van der Waals surface area contributed by atoms with Gasteiger partial charge in [-0.2, -0.15) is 0 Å². The zero-order valence-corrected chi connectivity index (χ0v) is 50.1. The Morgan fingerprint density at radius 1 is 0.565 bits per heavy atom. The van der Waals surface area contributed by atoms with Gasteiger partial charge < -0.3 is 49.7 Å². The van der Waals surface area contributed by atoms with Gasteiger partial charge in [0.15, 0.2) is 0 Å². The van der Waals surface area contributed by atoms with E-state index in [4.69, 9.17) is 9.47 Å². The minimum atomic E-state index is -0.672. The van der Waals surface area contributed by atoms with Crippen LogP contribution in [0.3, 0.4) is 0 Å². The normalized spacial score (nSPS) is 25.8. The van der Waals surface area contributed by atoms with Crippen LogP contribution in [0, 0.1) is 11.6 Å². The van der Waals surface area contributed by atoms with Gasteiger partial charge in [-0.1, -0.05) is 52.0 Å². The van der Waals surface area contributed by atoms with Crippen LogP contribution in [0.25, 0.3) is 0 Å². The fraction of sp³-hybridized carbons (Fsp3) is 0.587. The highest BCUT2D eigenvalue weighted by molar-refractivity contribution is 5.98. The maximum atomic E-state index is 14.5. The van der Waals surface area contributed by atoms with Gasteiger partial charge >= 0.3 is 0 Å². The van der Waals surface area contributed by atoms with Gasteiger partial charge in [0.1, 0.15) is 23.8 Å². The molecule has 0 bridgehead atoms. The Kier molecular flexibility index (Phi) is 17.9. The van der Waals surface area contributed by atoms with Gasteiger partial charge in [0, 0.05) is 175 Å². The number of pyridine rings is 2. The molecule has 4 aromatic rings. The van der Waals surface area contributed by atoms with Crippen molar-refractivity contribution < 1.29 is 37.4 Å². The summed E-state index contributed by atoms with van der Waals surface area (Å²) in [7, 11) is 0. The van der Waals surface area contributed by atoms with E-state index in [1.165, 1.54) is 24.3 Å². The Morgan fingerprint density at radius 3 is 1.36 bits per heavy atom. The Labute approximate surface area is 496 Å². The number of anilines is 2. The predicted molar refractivity (Wildman–Crippen MR) is 319 cm³/mol. The van der Waals surface area contributed by atoms with Crippen LogP contribution in [0.1, 0.15) is 81.6 Å². The molecule has 0 spiro atoms. The summed E-state index contributed by atoms with van der Waals surface area (Å²) in [5, 5.41) is 7.21. The summed E-state index contributed by atoms with van der Waals surface area (Å²) in [5.41, 5.74) is 4.07. The quantitative estimate of drug-likeness (QED) is 0.143. The number of morpholine rings is 2. The van der Waals surface area contributed by atoms with Gasteiger partial charge in [0.05, 0.1) is 37.7 Å². The molecule has 9 heterocycles. The lowest BCUT2D eigenvalue weighted by atomic mass is 9.91. The number of ether oxygens (including phenoxy) is 2. The second kappa shape index (κ2) is 25.2. The SMILES string of the molecule is C[C@@H]1CN(CC(=O)N2CC(C)(C)c3[nH]c(=O)c(Cc4ccc(F)cc4)cc32)[C@@H](CN2CCO[C@H](C(=O)N3CCCN(C(=O)[C@@H]4CN(C[C@H]5CN[C@H](C)CN5CC(=O)N5CC(C)(C)c6[nH]c(=O)c(Cc7ccc(F)cc7)cc65)CCO4)CC3)C2)CN1. The van der Waals surface area contributed by atoms with Gasteiger partial charge in [-0.3, -0.25) is 48.4 Å². The highest BCUT2D eigenvalue weighted by Crippen LogP contribution is 2.41. The van der Waals surface area contributed by atoms with E-state index in [1.807, 2.05) is 49.6 Å². The number of hydrogen-bond donors (Lipinski definition) is 4. The number of amides is 4. The number of aromatic nitrogens is 2. The van der Waals surface area contributed by atoms with Crippen LogP contribution in [0.15, 0.2) is 70.3 Å². The molecule has 0 saturated carbocycles. The maximum absolute atomic E-state index is 14.5. The topological polar surface area (TPSA) is 202 Å². The molecule has 458 valence electrons. The number of aromatic amines is 2. The fourth-order valence-electron chi connectivity index (χ4n) is 13.8. The molecule has 0 unspecified atom stereocenters. The van der Waals surface area contributed by atoms with E-state index < -0.39 is 23.0 Å². The second-order valence-electron chi connectivity index (χ2n) is 26.1. The number of H-pyrrole nitrogens is 2. The Morgan fingerprint density at radius 2 is 0.965 bits per heavy atom. The van der Waals surface area contributed by atoms with Crippen molar-refractivity contribution in [3.8, 4) is 0 Å². The smallest absolute Gasteiger partial charge is 0.253 e. The zero-order valence-electron chi connectivity index (χ0n) is 50.1. The first kappa shape index (κ1) is 60.4. The van der Waals surface area contributed by atoms with E-state index >= 15 is 0 Å². The predicted octanol–water partition coefficient (Wildman–Crippen LogP) is 2.26. The Balaban J connectivity index is 0.669. The number of fused-ring (bicyclic) bond motifs is 2. The van der Waals surface area contributed by atoms with Gasteiger partial charge in [0.25, 0.3) is 22.9 Å². The van der Waals surface area contributed by atoms with E-state index in [0.717, 1.165) is 22.5 Å². The molecule has 22 heteroatoms. The van der Waals surface area contributed by atoms with Crippen LogP contribution in [0.5, 0.6) is 0 Å². The third-order valence-electron chi connectivity index (χ3n) is 18.5. The van der Waals surface area contributed by atoms with E-state index in [2.05, 4.69) is 54.0 Å². The van der Waals surface area contributed by atoms with Gasteiger partial charge in [-0.05, 0) is 67.8 Å². The number of piperazine rings is 2. The molecule has 5 fully saturated rings. The highest BCUT2D eigenvalue weighted by atomic mass is 19.1. The molecule has 11 rings (SSSR count). The van der Waals surface area contributed by atoms with Crippen molar-refractivity contribution >= 4 is 35.0 Å². The summed E-state index contributed by atoms with van der Waals surface area (Å²) in [6.45, 7) is 22.0. The molecule has 5 saturated heterocycles. The van der Waals surface area contributed by atoms with Crippen LogP contribution < -0.4 is 31.6 Å². The van der Waals surface area contributed by atoms with E-state index in [-0.39, 0.29) is 83.6 Å². The summed E-state index contributed by atoms with van der Waals surface area (Å²) in [4.78, 5) is 107. The van der Waals surface area contributed by atoms with Crippen LogP contribution in [-0.4, -0.2) is 230 Å². The van der Waals surface area contributed by atoms with E-state index in [0.29, 0.717) is 160 Å². The first-order valence-corrected chi connectivity index (χ1v) is 30.5.